The van der Waals surface area contributed by atoms with Crippen molar-refractivity contribution in [2.24, 2.45) is 0 Å². The van der Waals surface area contributed by atoms with Crippen LogP contribution in [0.4, 0.5) is 0 Å². The van der Waals surface area contributed by atoms with Crippen LogP contribution in [0.1, 0.15) is 18.4 Å². The van der Waals surface area contributed by atoms with Crippen molar-refractivity contribution in [1.82, 2.24) is 9.80 Å². The summed E-state index contributed by atoms with van der Waals surface area (Å²) in [5, 5.41) is 9.74. The molecule has 0 bridgehead atoms. The number of hydrogen-bond donors (Lipinski definition) is 1. The van der Waals surface area contributed by atoms with Crippen LogP contribution in [0.5, 0.6) is 5.75 Å². The Kier molecular flexibility index (Phi) is 4.06. The Labute approximate surface area is 135 Å². The van der Waals surface area contributed by atoms with Crippen molar-refractivity contribution in [2.75, 3.05) is 19.6 Å². The van der Waals surface area contributed by atoms with E-state index >= 15 is 0 Å². The second-order valence-electron chi connectivity index (χ2n) is 5.42. The minimum Gasteiger partial charge on any atom is -0.506 e. The average Bonchev–Trinajstić information content (AvgIpc) is 2.77. The molecular formula is C14H16Br2N2O2. The van der Waals surface area contributed by atoms with Crippen molar-refractivity contribution < 1.29 is 9.90 Å². The van der Waals surface area contributed by atoms with Gasteiger partial charge in [0, 0.05) is 38.6 Å². The number of piperazine rings is 1. The van der Waals surface area contributed by atoms with E-state index in [1.807, 2.05) is 17.0 Å². The maximum absolute atomic E-state index is 11.7. The zero-order valence-electron chi connectivity index (χ0n) is 11.0. The molecule has 2 aliphatic heterocycles. The Hall–Kier alpha value is -0.590. The van der Waals surface area contributed by atoms with Crippen LogP contribution in [0.3, 0.4) is 0 Å². The number of halogens is 2. The lowest BCUT2D eigenvalue weighted by molar-refractivity contribution is -0.130. The van der Waals surface area contributed by atoms with Crippen LogP contribution in [0.25, 0.3) is 0 Å². The van der Waals surface area contributed by atoms with Gasteiger partial charge in [-0.05, 0) is 56.0 Å². The summed E-state index contributed by atoms with van der Waals surface area (Å²) in [7, 11) is 0. The minimum absolute atomic E-state index is 0.236. The number of fused-ring (bicyclic) bond motifs is 1. The van der Waals surface area contributed by atoms with Gasteiger partial charge in [-0.3, -0.25) is 9.69 Å². The molecule has 2 fully saturated rings. The summed E-state index contributed by atoms with van der Waals surface area (Å²) in [5.74, 6) is 0.546. The normalized spacial score (nSPS) is 23.2. The largest absolute Gasteiger partial charge is 0.506 e. The Morgan fingerprint density at radius 3 is 2.65 bits per heavy atom. The molecule has 2 heterocycles. The topological polar surface area (TPSA) is 43.8 Å². The highest BCUT2D eigenvalue weighted by atomic mass is 79.9. The van der Waals surface area contributed by atoms with Gasteiger partial charge >= 0.3 is 0 Å². The van der Waals surface area contributed by atoms with Crippen molar-refractivity contribution >= 4 is 37.8 Å². The molecule has 0 aliphatic carbocycles. The van der Waals surface area contributed by atoms with E-state index in [1.165, 1.54) is 0 Å². The summed E-state index contributed by atoms with van der Waals surface area (Å²) in [6, 6.07) is 4.29. The first-order valence-corrected chi connectivity index (χ1v) is 8.32. The Morgan fingerprint density at radius 2 is 1.95 bits per heavy atom. The minimum atomic E-state index is 0.236. The van der Waals surface area contributed by atoms with E-state index in [0.29, 0.717) is 27.3 Å². The molecule has 1 N–H and O–H groups in total. The van der Waals surface area contributed by atoms with E-state index in [-0.39, 0.29) is 5.75 Å². The van der Waals surface area contributed by atoms with Gasteiger partial charge in [-0.15, -0.1) is 0 Å². The highest BCUT2D eigenvalue weighted by Crippen LogP contribution is 2.34. The van der Waals surface area contributed by atoms with Gasteiger partial charge in [0.2, 0.25) is 5.91 Å². The number of carbonyl (C=O) groups is 1. The molecule has 0 aromatic heterocycles. The molecule has 4 nitrogen and oxygen atoms in total. The van der Waals surface area contributed by atoms with Crippen molar-refractivity contribution in [2.45, 2.75) is 25.4 Å². The number of phenols is 1. The molecule has 2 aliphatic rings. The summed E-state index contributed by atoms with van der Waals surface area (Å²) in [6.07, 6.45) is 1.69. The SMILES string of the molecule is O=C1CCC2CN(Cc3cc(Br)c(O)c(Br)c3)CCN12. The molecule has 20 heavy (non-hydrogen) atoms. The standard InChI is InChI=1S/C14H16Br2N2O2/c15-11-5-9(6-12(16)14(11)20)7-17-3-4-18-10(8-17)1-2-13(18)19/h5-6,10,20H,1-4,7-8H2. The van der Waals surface area contributed by atoms with Crippen LogP contribution in [-0.2, 0) is 11.3 Å². The van der Waals surface area contributed by atoms with E-state index in [1.54, 1.807) is 0 Å². The predicted octanol–water partition coefficient (Wildman–Crippen LogP) is 2.72. The van der Waals surface area contributed by atoms with Crippen LogP contribution in [0.15, 0.2) is 21.1 Å². The third-order valence-electron chi connectivity index (χ3n) is 4.06. The first-order valence-electron chi connectivity index (χ1n) is 6.73. The first kappa shape index (κ1) is 14.4. The molecule has 1 aromatic rings. The fraction of sp³-hybridized carbons (Fsp3) is 0.500. The molecule has 0 spiro atoms. The van der Waals surface area contributed by atoms with Crippen molar-refractivity contribution in [3.05, 3.63) is 26.6 Å². The van der Waals surface area contributed by atoms with Gasteiger partial charge in [0.05, 0.1) is 8.95 Å². The second-order valence-corrected chi connectivity index (χ2v) is 7.13. The zero-order valence-corrected chi connectivity index (χ0v) is 14.2. The molecule has 6 heteroatoms. The molecule has 2 saturated heterocycles. The van der Waals surface area contributed by atoms with Gasteiger partial charge in [-0.25, -0.2) is 0 Å². The third kappa shape index (κ3) is 2.73. The quantitative estimate of drug-likeness (QED) is 0.825. The Balaban J connectivity index is 1.69. The van der Waals surface area contributed by atoms with E-state index in [0.717, 1.165) is 38.2 Å². The van der Waals surface area contributed by atoms with Gasteiger partial charge in [0.25, 0.3) is 0 Å². The number of aromatic hydroxyl groups is 1. The van der Waals surface area contributed by atoms with Crippen molar-refractivity contribution in [1.29, 1.82) is 0 Å². The number of hydrogen-bond acceptors (Lipinski definition) is 3. The Morgan fingerprint density at radius 1 is 1.25 bits per heavy atom. The number of rotatable bonds is 2. The lowest BCUT2D eigenvalue weighted by atomic mass is 10.1. The zero-order chi connectivity index (χ0) is 14.3. The number of phenolic OH excluding ortho intramolecular Hbond substituents is 1. The van der Waals surface area contributed by atoms with Crippen molar-refractivity contribution in [3.63, 3.8) is 0 Å². The molecule has 0 saturated carbocycles. The van der Waals surface area contributed by atoms with Gasteiger partial charge in [-0.1, -0.05) is 0 Å². The average molecular weight is 404 g/mol. The van der Waals surface area contributed by atoms with Gasteiger partial charge in [0.1, 0.15) is 5.75 Å². The van der Waals surface area contributed by atoms with Crippen LogP contribution < -0.4 is 0 Å². The van der Waals surface area contributed by atoms with Crippen LogP contribution in [0, 0.1) is 0 Å². The molecule has 1 atom stereocenters. The predicted molar refractivity (Wildman–Crippen MR) is 83.5 cm³/mol. The second kappa shape index (κ2) is 5.66. The van der Waals surface area contributed by atoms with E-state index < -0.39 is 0 Å². The number of amides is 1. The summed E-state index contributed by atoms with van der Waals surface area (Å²) < 4.78 is 1.41. The fourth-order valence-electron chi connectivity index (χ4n) is 3.04. The number of carbonyl (C=O) groups excluding carboxylic acids is 1. The third-order valence-corrected chi connectivity index (χ3v) is 5.27. The van der Waals surface area contributed by atoms with Crippen molar-refractivity contribution in [3.8, 4) is 5.75 Å². The molecule has 3 rings (SSSR count). The molecule has 0 radical (unpaired) electrons. The fourth-order valence-corrected chi connectivity index (χ4v) is 4.32. The Bertz CT molecular complexity index is 527. The summed E-state index contributed by atoms with van der Waals surface area (Å²) in [6.45, 7) is 3.54. The van der Waals surface area contributed by atoms with Crippen LogP contribution in [0.2, 0.25) is 0 Å². The smallest absolute Gasteiger partial charge is 0.222 e. The first-order chi connectivity index (χ1) is 9.54. The molecule has 1 amide bonds. The molecule has 1 unspecified atom stereocenters. The summed E-state index contributed by atoms with van der Waals surface area (Å²) >= 11 is 6.73. The van der Waals surface area contributed by atoms with Gasteiger partial charge < -0.3 is 10.0 Å². The number of nitrogens with zero attached hydrogens (tertiary/aromatic N) is 2. The molecule has 108 valence electrons. The van der Waals surface area contributed by atoms with Gasteiger partial charge in [0.15, 0.2) is 0 Å². The maximum Gasteiger partial charge on any atom is 0.222 e. The van der Waals surface area contributed by atoms with Gasteiger partial charge in [-0.2, -0.15) is 0 Å². The molecule has 1 aromatic carbocycles. The highest BCUT2D eigenvalue weighted by Gasteiger charge is 2.35. The van der Waals surface area contributed by atoms with Crippen LogP contribution in [-0.4, -0.2) is 46.5 Å². The summed E-state index contributed by atoms with van der Waals surface area (Å²) in [4.78, 5) is 16.1. The number of benzene rings is 1. The maximum atomic E-state index is 11.7. The van der Waals surface area contributed by atoms with Crippen LogP contribution >= 0.6 is 31.9 Å². The molecular weight excluding hydrogens is 388 g/mol. The lowest BCUT2D eigenvalue weighted by Gasteiger charge is -2.37. The summed E-state index contributed by atoms with van der Waals surface area (Å²) in [5.41, 5.74) is 1.15. The monoisotopic (exact) mass is 402 g/mol. The lowest BCUT2D eigenvalue weighted by Crippen LogP contribution is -2.50. The van der Waals surface area contributed by atoms with E-state index in [4.69, 9.17) is 0 Å². The van der Waals surface area contributed by atoms with E-state index in [9.17, 15) is 9.90 Å². The van der Waals surface area contributed by atoms with E-state index in [2.05, 4.69) is 36.8 Å². The highest BCUT2D eigenvalue weighted by molar-refractivity contribution is 9.11.